The number of rotatable bonds is 3. The van der Waals surface area contributed by atoms with Gasteiger partial charge in [0, 0.05) is 38.8 Å². The lowest BCUT2D eigenvalue weighted by Gasteiger charge is -2.43. The largest absolute Gasteiger partial charge is 0.472 e. The second-order valence-electron chi connectivity index (χ2n) is 7.81. The van der Waals surface area contributed by atoms with Gasteiger partial charge in [0.05, 0.1) is 31.0 Å². The van der Waals surface area contributed by atoms with Gasteiger partial charge in [0.15, 0.2) is 0 Å². The SMILES string of the molecule is O=C(c1ccoc1)N1CCC(N2CCCC(C(=O)N3CCOCC3)C2)CC1. The smallest absolute Gasteiger partial charge is 0.257 e. The Morgan fingerprint density at radius 1 is 0.963 bits per heavy atom. The van der Waals surface area contributed by atoms with Crippen LogP contribution in [0.15, 0.2) is 23.0 Å². The van der Waals surface area contributed by atoms with E-state index in [9.17, 15) is 9.59 Å². The third-order valence-electron chi connectivity index (χ3n) is 6.16. The number of amides is 2. The number of carbonyl (C=O) groups excluding carboxylic acids is 2. The van der Waals surface area contributed by atoms with E-state index in [1.54, 1.807) is 12.3 Å². The molecule has 4 rings (SSSR count). The van der Waals surface area contributed by atoms with E-state index in [1.165, 1.54) is 6.26 Å². The fourth-order valence-electron chi connectivity index (χ4n) is 4.58. The third kappa shape index (κ3) is 4.19. The van der Waals surface area contributed by atoms with Crippen molar-refractivity contribution in [2.45, 2.75) is 31.7 Å². The van der Waals surface area contributed by atoms with Crippen LogP contribution in [0.2, 0.25) is 0 Å². The van der Waals surface area contributed by atoms with Crippen LogP contribution < -0.4 is 0 Å². The highest BCUT2D eigenvalue weighted by Gasteiger charge is 2.34. The summed E-state index contributed by atoms with van der Waals surface area (Å²) in [6.45, 7) is 6.23. The van der Waals surface area contributed by atoms with Gasteiger partial charge in [-0.1, -0.05) is 0 Å². The van der Waals surface area contributed by atoms with Gasteiger partial charge in [-0.3, -0.25) is 14.5 Å². The lowest BCUT2D eigenvalue weighted by atomic mass is 9.92. The highest BCUT2D eigenvalue weighted by molar-refractivity contribution is 5.93. The number of likely N-dealkylation sites (tertiary alicyclic amines) is 2. The van der Waals surface area contributed by atoms with Crippen molar-refractivity contribution in [3.63, 3.8) is 0 Å². The molecular formula is C20H29N3O4. The molecule has 1 aromatic rings. The fourth-order valence-corrected chi connectivity index (χ4v) is 4.58. The Morgan fingerprint density at radius 3 is 2.44 bits per heavy atom. The zero-order valence-corrected chi connectivity index (χ0v) is 15.8. The molecule has 148 valence electrons. The van der Waals surface area contributed by atoms with Gasteiger partial charge in [-0.15, -0.1) is 0 Å². The molecule has 7 nitrogen and oxygen atoms in total. The van der Waals surface area contributed by atoms with Crippen molar-refractivity contribution in [1.29, 1.82) is 0 Å². The molecule has 0 saturated carbocycles. The molecule has 4 heterocycles. The summed E-state index contributed by atoms with van der Waals surface area (Å²) in [5.41, 5.74) is 0.627. The molecule has 2 amide bonds. The minimum atomic E-state index is 0.0567. The first kappa shape index (κ1) is 18.5. The monoisotopic (exact) mass is 375 g/mol. The second kappa shape index (κ2) is 8.44. The quantitative estimate of drug-likeness (QED) is 0.800. The molecule has 3 aliphatic heterocycles. The van der Waals surface area contributed by atoms with Crippen LogP contribution >= 0.6 is 0 Å². The number of piperidine rings is 2. The summed E-state index contributed by atoms with van der Waals surface area (Å²) in [4.78, 5) is 31.7. The van der Waals surface area contributed by atoms with Crippen LogP contribution in [-0.2, 0) is 9.53 Å². The molecule has 1 aromatic heterocycles. The Balaban J connectivity index is 1.29. The van der Waals surface area contributed by atoms with Crippen LogP contribution in [-0.4, -0.2) is 85.0 Å². The number of morpholine rings is 1. The maximum absolute atomic E-state index is 12.8. The Morgan fingerprint density at radius 2 is 1.74 bits per heavy atom. The molecule has 0 radical (unpaired) electrons. The van der Waals surface area contributed by atoms with Crippen LogP contribution in [0.3, 0.4) is 0 Å². The van der Waals surface area contributed by atoms with Crippen molar-refractivity contribution >= 4 is 11.8 Å². The minimum absolute atomic E-state index is 0.0567. The molecule has 7 heteroatoms. The van der Waals surface area contributed by atoms with Crippen molar-refractivity contribution in [3.05, 3.63) is 24.2 Å². The average Bonchev–Trinajstić information content (AvgIpc) is 3.28. The van der Waals surface area contributed by atoms with Gasteiger partial charge >= 0.3 is 0 Å². The summed E-state index contributed by atoms with van der Waals surface area (Å²) in [6, 6.07) is 2.19. The molecule has 27 heavy (non-hydrogen) atoms. The van der Waals surface area contributed by atoms with Gasteiger partial charge in [0.1, 0.15) is 6.26 Å². The van der Waals surface area contributed by atoms with E-state index in [0.717, 1.165) is 65.0 Å². The normalized spacial score (nSPS) is 25.6. The fraction of sp³-hybridized carbons (Fsp3) is 0.700. The van der Waals surface area contributed by atoms with Crippen molar-refractivity contribution in [2.24, 2.45) is 5.92 Å². The number of hydrogen-bond donors (Lipinski definition) is 0. The summed E-state index contributed by atoms with van der Waals surface area (Å²) in [6.07, 6.45) is 7.07. The molecule has 1 unspecified atom stereocenters. The number of furan rings is 1. The molecule has 0 aromatic carbocycles. The van der Waals surface area contributed by atoms with Crippen LogP contribution in [0, 0.1) is 5.92 Å². The molecular weight excluding hydrogens is 346 g/mol. The van der Waals surface area contributed by atoms with E-state index in [4.69, 9.17) is 9.15 Å². The number of ether oxygens (including phenoxy) is 1. The first-order valence-electron chi connectivity index (χ1n) is 10.1. The van der Waals surface area contributed by atoms with Gasteiger partial charge in [-0.05, 0) is 38.3 Å². The molecule has 0 bridgehead atoms. The second-order valence-corrected chi connectivity index (χ2v) is 7.81. The van der Waals surface area contributed by atoms with E-state index in [1.807, 2.05) is 9.80 Å². The minimum Gasteiger partial charge on any atom is -0.472 e. The zero-order chi connectivity index (χ0) is 18.6. The summed E-state index contributed by atoms with van der Waals surface area (Å²) in [5, 5.41) is 0. The highest BCUT2D eigenvalue weighted by atomic mass is 16.5. The average molecular weight is 375 g/mol. The van der Waals surface area contributed by atoms with Gasteiger partial charge < -0.3 is 19.0 Å². The molecule has 3 fully saturated rings. The molecule has 0 N–H and O–H groups in total. The molecule has 0 aliphatic carbocycles. The van der Waals surface area contributed by atoms with E-state index < -0.39 is 0 Å². The highest BCUT2D eigenvalue weighted by Crippen LogP contribution is 2.26. The Hall–Kier alpha value is -1.86. The summed E-state index contributed by atoms with van der Waals surface area (Å²) < 4.78 is 10.4. The van der Waals surface area contributed by atoms with Crippen LogP contribution in [0.1, 0.15) is 36.0 Å². The summed E-state index contributed by atoms with van der Waals surface area (Å²) in [7, 11) is 0. The first-order chi connectivity index (χ1) is 13.2. The summed E-state index contributed by atoms with van der Waals surface area (Å²) >= 11 is 0. The predicted octanol–water partition coefficient (Wildman–Crippen LogP) is 1.45. The van der Waals surface area contributed by atoms with Gasteiger partial charge in [-0.25, -0.2) is 0 Å². The van der Waals surface area contributed by atoms with Crippen LogP contribution in [0.4, 0.5) is 0 Å². The van der Waals surface area contributed by atoms with Gasteiger partial charge in [-0.2, -0.15) is 0 Å². The Kier molecular flexibility index (Phi) is 5.78. The van der Waals surface area contributed by atoms with Crippen molar-refractivity contribution in [1.82, 2.24) is 14.7 Å². The first-order valence-corrected chi connectivity index (χ1v) is 10.1. The van der Waals surface area contributed by atoms with E-state index in [2.05, 4.69) is 4.90 Å². The van der Waals surface area contributed by atoms with Crippen molar-refractivity contribution in [2.75, 3.05) is 52.5 Å². The maximum Gasteiger partial charge on any atom is 0.257 e. The lowest BCUT2D eigenvalue weighted by Crippen LogP contribution is -2.53. The van der Waals surface area contributed by atoms with Gasteiger partial charge in [0.2, 0.25) is 5.91 Å². The predicted molar refractivity (Wildman–Crippen MR) is 99.3 cm³/mol. The number of carbonyl (C=O) groups is 2. The number of hydrogen-bond acceptors (Lipinski definition) is 5. The maximum atomic E-state index is 12.8. The molecule has 0 spiro atoms. The Labute approximate surface area is 160 Å². The van der Waals surface area contributed by atoms with E-state index in [-0.39, 0.29) is 11.8 Å². The van der Waals surface area contributed by atoms with E-state index >= 15 is 0 Å². The Bertz CT molecular complexity index is 634. The molecule has 1 atom stereocenters. The van der Waals surface area contributed by atoms with E-state index in [0.29, 0.717) is 30.7 Å². The standard InChI is InChI=1S/C20H29N3O4/c24-19(22-9-12-26-13-10-22)16-2-1-6-23(14-16)18-3-7-21(8-4-18)20(25)17-5-11-27-15-17/h5,11,15-16,18H,1-4,6-10,12-14H2. The zero-order valence-electron chi connectivity index (χ0n) is 15.8. The molecule has 3 aliphatic rings. The summed E-state index contributed by atoms with van der Waals surface area (Å²) in [5.74, 6) is 0.472. The van der Waals surface area contributed by atoms with Crippen LogP contribution in [0.25, 0.3) is 0 Å². The van der Waals surface area contributed by atoms with Crippen LogP contribution in [0.5, 0.6) is 0 Å². The topological polar surface area (TPSA) is 66.2 Å². The lowest BCUT2D eigenvalue weighted by molar-refractivity contribution is -0.141. The van der Waals surface area contributed by atoms with Crippen molar-refractivity contribution in [3.8, 4) is 0 Å². The number of nitrogens with zero attached hydrogens (tertiary/aromatic N) is 3. The third-order valence-corrected chi connectivity index (χ3v) is 6.16. The van der Waals surface area contributed by atoms with Crippen molar-refractivity contribution < 1.29 is 18.7 Å². The van der Waals surface area contributed by atoms with Gasteiger partial charge in [0.25, 0.3) is 5.91 Å². The molecule has 3 saturated heterocycles.